The topological polar surface area (TPSA) is 193 Å². The Labute approximate surface area is 174 Å². The Morgan fingerprint density at radius 1 is 1.00 bits per heavy atom. The Morgan fingerprint density at radius 3 is 1.83 bits per heavy atom. The first kappa shape index (κ1) is 23.3. The molecule has 1 aliphatic rings. The van der Waals surface area contributed by atoms with Crippen molar-refractivity contribution in [2.24, 2.45) is 0 Å². The molecule has 0 heterocycles. The minimum atomic E-state index is -5.94. The summed E-state index contributed by atoms with van der Waals surface area (Å²) in [4.78, 5) is 23.8. The van der Waals surface area contributed by atoms with E-state index in [0.717, 1.165) is 37.0 Å². The molecule has 0 aliphatic heterocycles. The molecule has 2 rings (SSSR count). The fraction of sp³-hybridized carbons (Fsp3) is 0.200. The molecule has 1 unspecified atom stereocenters. The van der Waals surface area contributed by atoms with Gasteiger partial charge in [-0.2, -0.15) is 0 Å². The van der Waals surface area contributed by atoms with Gasteiger partial charge in [0.15, 0.2) is 0 Å². The number of carboxylic acid groups (broad SMARTS) is 2. The summed E-state index contributed by atoms with van der Waals surface area (Å²) in [6.45, 7) is 0. The molecule has 1 aromatic carbocycles. The van der Waals surface area contributed by atoms with Crippen molar-refractivity contribution in [2.45, 2.75) is 10.2 Å². The second kappa shape index (κ2) is 7.69. The number of ether oxygens (including phenoxy) is 1. The van der Waals surface area contributed by atoms with E-state index >= 15 is 0 Å². The van der Waals surface area contributed by atoms with Crippen molar-refractivity contribution in [3.05, 3.63) is 51.3 Å². The molecule has 0 saturated carbocycles. The zero-order valence-electron chi connectivity index (χ0n) is 14.9. The van der Waals surface area contributed by atoms with Gasteiger partial charge in [-0.3, -0.25) is 0 Å². The third-order valence-electron chi connectivity index (χ3n) is 4.49. The van der Waals surface area contributed by atoms with Crippen LogP contribution in [0.2, 0.25) is 0 Å². The van der Waals surface area contributed by atoms with Crippen LogP contribution in [-0.4, -0.2) is 83.1 Å². The Bertz CT molecular complexity index is 1120. The predicted molar refractivity (Wildman–Crippen MR) is 98.0 cm³/mol. The van der Waals surface area contributed by atoms with Crippen LogP contribution in [0, 0.1) is 0 Å². The zero-order chi connectivity index (χ0) is 22.4. The van der Waals surface area contributed by atoms with E-state index in [-0.39, 0.29) is 5.56 Å². The van der Waals surface area contributed by atoms with Crippen molar-refractivity contribution in [1.29, 1.82) is 0 Å². The van der Waals surface area contributed by atoms with Crippen LogP contribution in [0.4, 0.5) is 0 Å². The van der Waals surface area contributed by atoms with E-state index in [1.807, 2.05) is 0 Å². The van der Waals surface area contributed by atoms with E-state index in [9.17, 15) is 45.7 Å². The maximum atomic E-state index is 12.4. The van der Waals surface area contributed by atoms with Crippen LogP contribution in [0.3, 0.4) is 0 Å². The van der Waals surface area contributed by atoms with Crippen molar-refractivity contribution >= 4 is 55.5 Å². The molecular weight excluding hydrogens is 427 g/mol. The van der Waals surface area contributed by atoms with Crippen molar-refractivity contribution in [2.75, 3.05) is 7.11 Å². The molecule has 0 bridgehead atoms. The third kappa shape index (κ3) is 3.44. The van der Waals surface area contributed by atoms with Crippen molar-refractivity contribution in [3.8, 4) is 0 Å². The third-order valence-corrected chi connectivity index (χ3v) is 8.13. The van der Waals surface area contributed by atoms with E-state index in [1.165, 1.54) is 18.2 Å². The first-order valence-electron chi connectivity index (χ1n) is 7.68. The van der Waals surface area contributed by atoms with Gasteiger partial charge in [0.25, 0.3) is 0 Å². The number of methoxy groups -OCH3 is 1. The number of rotatable bonds is 6. The first-order chi connectivity index (χ1) is 13.2. The number of benzene rings is 1. The van der Waals surface area contributed by atoms with Crippen LogP contribution in [0.5, 0.6) is 0 Å². The van der Waals surface area contributed by atoms with E-state index in [2.05, 4.69) is 0 Å². The second-order valence-corrected chi connectivity index (χ2v) is 9.44. The Morgan fingerprint density at radius 2 is 1.48 bits per heavy atom. The summed E-state index contributed by atoms with van der Waals surface area (Å²) >= 11 is 1.01. The van der Waals surface area contributed by atoms with Gasteiger partial charge in [-0.15, -0.1) is 0 Å². The number of carboxylic acids is 2. The molecule has 0 spiro atoms. The van der Waals surface area contributed by atoms with Gasteiger partial charge in [-0.25, -0.2) is 0 Å². The Kier molecular flexibility index (Phi) is 6.18. The van der Waals surface area contributed by atoms with Crippen molar-refractivity contribution < 1.29 is 50.5 Å². The molecule has 11 nitrogen and oxygen atoms in total. The minimum absolute atomic E-state index is 0.314. The van der Waals surface area contributed by atoms with Crippen LogP contribution in [0.25, 0.3) is 5.57 Å². The summed E-state index contributed by atoms with van der Waals surface area (Å²) in [7, 11) is -11.1. The van der Waals surface area contributed by atoms with E-state index in [4.69, 9.17) is 4.74 Å². The van der Waals surface area contributed by atoms with Crippen LogP contribution in [0.1, 0.15) is 5.56 Å². The van der Waals surface area contributed by atoms with E-state index < -0.39 is 63.3 Å². The molecule has 152 valence electrons. The average Bonchev–Trinajstić information content (AvgIpc) is 2.58. The molecule has 1 aliphatic carbocycles. The van der Waals surface area contributed by atoms with Gasteiger partial charge in [-0.05, 0) is 0 Å². The molecule has 1 atom stereocenters. The summed E-state index contributed by atoms with van der Waals surface area (Å²) < 4.78 is 70.1. The van der Waals surface area contributed by atoms with Crippen molar-refractivity contribution in [1.82, 2.24) is 0 Å². The van der Waals surface area contributed by atoms with Crippen molar-refractivity contribution in [3.63, 3.8) is 0 Å². The number of hydrogen-bond acceptors (Lipinski definition) is 7. The predicted octanol–water partition coefficient (Wildman–Crippen LogP) is -0.467. The normalized spacial score (nSPS) is 20.0. The van der Waals surface area contributed by atoms with Crippen LogP contribution < -0.4 is 0 Å². The Balaban J connectivity index is 3.36. The van der Waals surface area contributed by atoms with Gasteiger partial charge < -0.3 is 0 Å². The van der Waals surface area contributed by atoms with Gasteiger partial charge in [-0.1, -0.05) is 0 Å². The van der Waals surface area contributed by atoms with Gasteiger partial charge in [0.05, 0.1) is 0 Å². The molecule has 0 radical (unpaired) electrons. The number of hydrogen-bond donors (Lipinski definition) is 4. The molecule has 0 saturated heterocycles. The molecular formula is C15H13LiO11S2. The molecule has 29 heavy (non-hydrogen) atoms. The molecule has 0 aromatic heterocycles. The summed E-state index contributed by atoms with van der Waals surface area (Å²) in [5.41, 5.74) is -3.46. The molecule has 0 fully saturated rings. The summed E-state index contributed by atoms with van der Waals surface area (Å²) in [5, 5.41) is 19.2. The second-order valence-electron chi connectivity index (χ2n) is 6.00. The zero-order valence-corrected chi connectivity index (χ0v) is 16.6. The Hall–Kier alpha value is -1.98. The summed E-state index contributed by atoms with van der Waals surface area (Å²) in [6, 6.07) is 6.35. The van der Waals surface area contributed by atoms with Crippen LogP contribution in [-0.2, 0) is 34.6 Å². The standard InChI is InChI=1S/C15H13O11S2.Li/c1-26-12-10(14(18)19)7-9(13(16)17)11(8-5-3-2-4-6-8)15(12,27(20,21)22)28(23,24)25;/h2-6,12H,1H3,(H,16,17)(H,18,19)(H,20,21,22)(H,23,24,25);. The van der Waals surface area contributed by atoms with Gasteiger partial charge >= 0.3 is 175 Å². The number of aliphatic carboxylic acids is 2. The number of carbonyl (C=O) groups is 2. The van der Waals surface area contributed by atoms with E-state index in [1.54, 1.807) is 0 Å². The molecule has 1 aromatic rings. The molecule has 4 N–H and O–H groups in total. The summed E-state index contributed by atoms with van der Waals surface area (Å²) in [5.74, 6) is -3.79. The van der Waals surface area contributed by atoms with E-state index in [0.29, 0.717) is 0 Å². The van der Waals surface area contributed by atoms with Crippen LogP contribution in [0.15, 0.2) is 45.7 Å². The maximum absolute atomic E-state index is 12.4. The quantitative estimate of drug-likeness (QED) is 0.330. The average molecular weight is 440 g/mol. The van der Waals surface area contributed by atoms with Crippen LogP contribution >= 0.6 is 0 Å². The van der Waals surface area contributed by atoms with Gasteiger partial charge in [0.2, 0.25) is 0 Å². The molecule has 0 amide bonds. The van der Waals surface area contributed by atoms with Gasteiger partial charge in [0.1, 0.15) is 0 Å². The SMILES string of the molecule is [Li][C]1=C(C(=O)O)C(OC)C(S(=O)(=O)O)(S(=O)(=O)O)C(c2ccccc2)=C1C(=O)O. The summed E-state index contributed by atoms with van der Waals surface area (Å²) in [6.07, 6.45) is -2.50. The monoisotopic (exact) mass is 440 g/mol. The fourth-order valence-electron chi connectivity index (χ4n) is 3.44. The molecule has 14 heteroatoms. The fourth-order valence-corrected chi connectivity index (χ4v) is 6.43. The van der Waals surface area contributed by atoms with Gasteiger partial charge in [0, 0.05) is 0 Å². The first-order valence-corrected chi connectivity index (χ1v) is 10.6.